The fourth-order valence-corrected chi connectivity index (χ4v) is 7.23. The van der Waals surface area contributed by atoms with Crippen molar-refractivity contribution in [1.29, 1.82) is 5.26 Å². The molecular weight excluding hydrogens is 516 g/mol. The standard InChI is InChI=1S/C32H40N6O3/c1-4-29(39)38-17-16-37(19-23(38)12-14-33)30-26-11-13-32(21-41-22(2)25-9-5-6-10-27(25)32)18-28(26)34-31(35-30)40-20-24-8-7-15-36(24)3/h4-6,9-10,22-24H,1,7-8,11-13,15-21H2,2-3H3/t22?,23-,24-,32?/m0/s1. The maximum absolute atomic E-state index is 12.5. The topological polar surface area (TPSA) is 94.8 Å². The molecule has 2 aromatic rings. The van der Waals surface area contributed by atoms with Crippen molar-refractivity contribution >= 4 is 11.7 Å². The van der Waals surface area contributed by atoms with E-state index >= 15 is 0 Å². The highest BCUT2D eigenvalue weighted by molar-refractivity contribution is 5.87. The van der Waals surface area contributed by atoms with Crippen LogP contribution in [0.3, 0.4) is 0 Å². The summed E-state index contributed by atoms with van der Waals surface area (Å²) in [6.07, 6.45) is 6.50. The molecule has 6 rings (SSSR count). The lowest BCUT2D eigenvalue weighted by atomic mass is 9.66. The third-order valence-electron chi connectivity index (χ3n) is 9.63. The number of nitrogens with zero attached hydrogens (tertiary/aromatic N) is 6. The Hall–Kier alpha value is -3.48. The van der Waals surface area contributed by atoms with Gasteiger partial charge in [0.15, 0.2) is 0 Å². The second-order valence-electron chi connectivity index (χ2n) is 12.0. The molecule has 0 bridgehead atoms. The number of piperazine rings is 1. The third kappa shape index (κ3) is 5.20. The van der Waals surface area contributed by atoms with Gasteiger partial charge in [0.2, 0.25) is 5.91 Å². The van der Waals surface area contributed by atoms with Crippen LogP contribution in [0.25, 0.3) is 0 Å². The number of ether oxygens (including phenoxy) is 2. The van der Waals surface area contributed by atoms with Crippen molar-refractivity contribution in [3.8, 4) is 12.1 Å². The number of hydrogen-bond donors (Lipinski definition) is 0. The first kappa shape index (κ1) is 27.7. The van der Waals surface area contributed by atoms with Crippen LogP contribution in [0.2, 0.25) is 0 Å². The zero-order valence-corrected chi connectivity index (χ0v) is 24.2. The van der Waals surface area contributed by atoms with Crippen LogP contribution >= 0.6 is 0 Å². The van der Waals surface area contributed by atoms with E-state index in [-0.39, 0.29) is 29.9 Å². The second kappa shape index (κ2) is 11.4. The predicted molar refractivity (Wildman–Crippen MR) is 156 cm³/mol. The molecule has 1 aromatic carbocycles. The summed E-state index contributed by atoms with van der Waals surface area (Å²) in [6, 6.07) is 11.5. The fraction of sp³-hybridized carbons (Fsp3) is 0.562. The number of anilines is 1. The number of carbonyl (C=O) groups is 1. The van der Waals surface area contributed by atoms with E-state index in [1.54, 1.807) is 4.90 Å². The van der Waals surface area contributed by atoms with E-state index in [1.165, 1.54) is 23.6 Å². The van der Waals surface area contributed by atoms with E-state index in [0.29, 0.717) is 44.9 Å². The maximum atomic E-state index is 12.5. The normalized spacial score (nSPS) is 27.7. The summed E-state index contributed by atoms with van der Waals surface area (Å²) < 4.78 is 12.7. The molecule has 9 nitrogen and oxygen atoms in total. The van der Waals surface area contributed by atoms with Gasteiger partial charge in [-0.3, -0.25) is 4.79 Å². The molecule has 2 fully saturated rings. The molecule has 2 saturated heterocycles. The minimum absolute atomic E-state index is 0.0770. The monoisotopic (exact) mass is 556 g/mol. The van der Waals surface area contributed by atoms with Gasteiger partial charge in [-0.05, 0) is 63.4 Å². The Morgan fingerprint density at radius 2 is 2.12 bits per heavy atom. The number of hydrogen-bond acceptors (Lipinski definition) is 8. The number of likely N-dealkylation sites (tertiary alicyclic amines) is 1. The van der Waals surface area contributed by atoms with E-state index in [0.717, 1.165) is 49.3 Å². The average molecular weight is 557 g/mol. The number of nitriles is 1. The number of benzene rings is 1. The Balaban J connectivity index is 1.35. The highest BCUT2D eigenvalue weighted by Crippen LogP contribution is 2.47. The van der Waals surface area contributed by atoms with Gasteiger partial charge >= 0.3 is 6.01 Å². The van der Waals surface area contributed by atoms with Crippen molar-refractivity contribution in [3.05, 3.63) is 59.3 Å². The van der Waals surface area contributed by atoms with Gasteiger partial charge in [-0.1, -0.05) is 30.8 Å². The number of likely N-dealkylation sites (N-methyl/N-ethyl adjacent to an activating group) is 1. The molecule has 1 amide bonds. The molecule has 4 heterocycles. The van der Waals surface area contributed by atoms with E-state index < -0.39 is 0 Å². The summed E-state index contributed by atoms with van der Waals surface area (Å²) in [5.41, 5.74) is 4.66. The number of rotatable bonds is 6. The smallest absolute Gasteiger partial charge is 0.318 e. The molecule has 2 unspecified atom stereocenters. The van der Waals surface area contributed by atoms with Gasteiger partial charge in [0.05, 0.1) is 36.9 Å². The van der Waals surface area contributed by atoms with E-state index in [2.05, 4.69) is 60.7 Å². The van der Waals surface area contributed by atoms with Crippen LogP contribution in [0.15, 0.2) is 36.9 Å². The molecule has 1 spiro atoms. The van der Waals surface area contributed by atoms with Crippen LogP contribution in [0.1, 0.15) is 61.1 Å². The molecule has 0 N–H and O–H groups in total. The van der Waals surface area contributed by atoms with Gasteiger partial charge in [0.25, 0.3) is 0 Å². The molecule has 9 heteroatoms. The number of carbonyl (C=O) groups excluding carboxylic acids is 1. The zero-order valence-electron chi connectivity index (χ0n) is 24.2. The Morgan fingerprint density at radius 3 is 2.90 bits per heavy atom. The van der Waals surface area contributed by atoms with Crippen molar-refractivity contribution in [1.82, 2.24) is 19.8 Å². The van der Waals surface area contributed by atoms with Crippen LogP contribution < -0.4 is 9.64 Å². The van der Waals surface area contributed by atoms with E-state index in [9.17, 15) is 10.1 Å². The summed E-state index contributed by atoms with van der Waals surface area (Å²) in [5, 5.41) is 9.52. The Bertz CT molecular complexity index is 1360. The first-order valence-electron chi connectivity index (χ1n) is 14.9. The van der Waals surface area contributed by atoms with E-state index in [1.807, 2.05) is 0 Å². The highest BCUT2D eigenvalue weighted by atomic mass is 16.5. The molecule has 0 saturated carbocycles. The van der Waals surface area contributed by atoms with E-state index in [4.69, 9.17) is 19.4 Å². The minimum Gasteiger partial charge on any atom is -0.462 e. The average Bonchev–Trinajstić information content (AvgIpc) is 3.41. The van der Waals surface area contributed by atoms with Gasteiger partial charge in [-0.2, -0.15) is 15.2 Å². The number of fused-ring (bicyclic) bond motifs is 3. The lowest BCUT2D eigenvalue weighted by Gasteiger charge is -2.45. The molecule has 41 heavy (non-hydrogen) atoms. The first-order chi connectivity index (χ1) is 19.9. The van der Waals surface area contributed by atoms with Crippen LogP contribution in [-0.2, 0) is 27.8 Å². The molecule has 1 aliphatic carbocycles. The SMILES string of the molecule is C=CC(=O)N1CCN(c2nc(OC[C@@H]3CCCN3C)nc3c2CCC2(COC(C)c4ccccc42)C3)C[C@@H]1CC#N. The molecule has 4 atom stereocenters. The Kier molecular flexibility index (Phi) is 7.71. The highest BCUT2D eigenvalue weighted by Gasteiger charge is 2.44. The van der Waals surface area contributed by atoms with Crippen LogP contribution in [0.5, 0.6) is 6.01 Å². The molecule has 3 aliphatic heterocycles. The minimum atomic E-state index is -0.226. The quantitative estimate of drug-likeness (QED) is 0.499. The van der Waals surface area contributed by atoms with Crippen molar-refractivity contribution in [2.45, 2.75) is 69.1 Å². The summed E-state index contributed by atoms with van der Waals surface area (Å²) in [5.74, 6) is 0.748. The van der Waals surface area contributed by atoms with Crippen LogP contribution in [0.4, 0.5) is 5.82 Å². The Morgan fingerprint density at radius 1 is 1.27 bits per heavy atom. The van der Waals surface area contributed by atoms with Gasteiger partial charge in [0.1, 0.15) is 12.4 Å². The maximum Gasteiger partial charge on any atom is 0.318 e. The third-order valence-corrected chi connectivity index (χ3v) is 9.63. The van der Waals surface area contributed by atoms with Crippen molar-refractivity contribution < 1.29 is 14.3 Å². The molecule has 4 aliphatic rings. The molecule has 0 radical (unpaired) electrons. The summed E-state index contributed by atoms with van der Waals surface area (Å²) in [6.45, 7) is 9.78. The number of aromatic nitrogens is 2. The first-order valence-corrected chi connectivity index (χ1v) is 14.9. The van der Waals surface area contributed by atoms with Gasteiger partial charge < -0.3 is 24.2 Å². The molecule has 216 valence electrons. The molecular formula is C32H40N6O3. The molecule has 1 aromatic heterocycles. The largest absolute Gasteiger partial charge is 0.462 e. The van der Waals surface area contributed by atoms with Crippen molar-refractivity contribution in [2.24, 2.45) is 0 Å². The fourth-order valence-electron chi connectivity index (χ4n) is 7.23. The summed E-state index contributed by atoms with van der Waals surface area (Å²) in [7, 11) is 2.14. The summed E-state index contributed by atoms with van der Waals surface area (Å²) >= 11 is 0. The van der Waals surface area contributed by atoms with Crippen LogP contribution in [-0.4, -0.2) is 84.2 Å². The van der Waals surface area contributed by atoms with Gasteiger partial charge in [0, 0.05) is 43.1 Å². The lowest BCUT2D eigenvalue weighted by Crippen LogP contribution is -2.55. The number of amides is 1. The summed E-state index contributed by atoms with van der Waals surface area (Å²) in [4.78, 5) is 28.9. The zero-order chi connectivity index (χ0) is 28.6. The Labute approximate surface area is 242 Å². The lowest BCUT2D eigenvalue weighted by molar-refractivity contribution is -0.128. The van der Waals surface area contributed by atoms with Gasteiger partial charge in [-0.25, -0.2) is 0 Å². The van der Waals surface area contributed by atoms with Crippen molar-refractivity contribution in [2.75, 3.05) is 51.3 Å². The van der Waals surface area contributed by atoms with Gasteiger partial charge in [-0.15, -0.1) is 0 Å². The second-order valence-corrected chi connectivity index (χ2v) is 12.0. The van der Waals surface area contributed by atoms with Crippen LogP contribution in [0, 0.1) is 11.3 Å². The predicted octanol–water partition coefficient (Wildman–Crippen LogP) is 3.58. The van der Waals surface area contributed by atoms with Crippen molar-refractivity contribution in [3.63, 3.8) is 0 Å².